The molecule has 2 unspecified atom stereocenters. The minimum Gasteiger partial charge on any atom is -0.352 e. The number of rotatable bonds is 7. The van der Waals surface area contributed by atoms with E-state index in [-0.39, 0.29) is 23.7 Å². The maximum absolute atomic E-state index is 12.1. The Morgan fingerprint density at radius 3 is 2.61 bits per heavy atom. The molecule has 2 rings (SSSR count). The molecule has 0 bridgehead atoms. The van der Waals surface area contributed by atoms with Gasteiger partial charge in [0.15, 0.2) is 0 Å². The molecule has 5 heteroatoms. The van der Waals surface area contributed by atoms with Crippen molar-refractivity contribution in [2.75, 3.05) is 18.4 Å². The molecule has 2 atom stereocenters. The highest BCUT2D eigenvalue weighted by Crippen LogP contribution is 2.17. The molecule has 1 heterocycles. The van der Waals surface area contributed by atoms with E-state index in [4.69, 9.17) is 0 Å². The second-order valence-corrected chi connectivity index (χ2v) is 6.42. The van der Waals surface area contributed by atoms with E-state index >= 15 is 0 Å². The molecule has 1 fully saturated rings. The van der Waals surface area contributed by atoms with Crippen molar-refractivity contribution in [1.29, 1.82) is 0 Å². The van der Waals surface area contributed by atoms with Crippen LogP contribution in [-0.4, -0.2) is 24.9 Å². The Kier molecular flexibility index (Phi) is 6.16. The molecule has 1 aromatic carbocycles. The molecule has 23 heavy (non-hydrogen) atoms. The van der Waals surface area contributed by atoms with Crippen molar-refractivity contribution < 1.29 is 9.59 Å². The van der Waals surface area contributed by atoms with Crippen molar-refractivity contribution in [3.05, 3.63) is 29.8 Å². The lowest BCUT2D eigenvalue weighted by atomic mass is 9.88. The lowest BCUT2D eigenvalue weighted by Gasteiger charge is -2.31. The lowest BCUT2D eigenvalue weighted by molar-refractivity contribution is -0.126. The van der Waals surface area contributed by atoms with Crippen molar-refractivity contribution in [2.45, 2.75) is 33.7 Å². The smallest absolute Gasteiger partial charge is 0.227 e. The molecule has 0 spiro atoms. The SMILES string of the molecule is CCC(C)C(=O)Nc1cccc(CNC(=O)C(C)C2CNC2)c1. The zero-order valence-electron chi connectivity index (χ0n) is 14.2. The largest absolute Gasteiger partial charge is 0.352 e. The number of nitrogens with one attached hydrogen (secondary N) is 3. The summed E-state index contributed by atoms with van der Waals surface area (Å²) >= 11 is 0. The van der Waals surface area contributed by atoms with Crippen molar-refractivity contribution in [2.24, 2.45) is 17.8 Å². The summed E-state index contributed by atoms with van der Waals surface area (Å²) in [5.74, 6) is 0.585. The van der Waals surface area contributed by atoms with E-state index in [1.54, 1.807) is 0 Å². The number of amides is 2. The van der Waals surface area contributed by atoms with Gasteiger partial charge in [-0.25, -0.2) is 0 Å². The van der Waals surface area contributed by atoms with Gasteiger partial charge in [-0.1, -0.05) is 32.9 Å². The normalized spacial score (nSPS) is 17.0. The number of carbonyl (C=O) groups is 2. The minimum atomic E-state index is -0.00436. The van der Waals surface area contributed by atoms with Gasteiger partial charge in [-0.05, 0) is 43.1 Å². The average Bonchev–Trinajstić information content (AvgIpc) is 2.50. The third kappa shape index (κ3) is 4.79. The predicted molar refractivity (Wildman–Crippen MR) is 91.9 cm³/mol. The number of carbonyl (C=O) groups excluding carboxylic acids is 2. The van der Waals surface area contributed by atoms with Crippen LogP contribution < -0.4 is 16.0 Å². The highest BCUT2D eigenvalue weighted by Gasteiger charge is 2.28. The summed E-state index contributed by atoms with van der Waals surface area (Å²) in [4.78, 5) is 24.1. The van der Waals surface area contributed by atoms with Crippen LogP contribution in [0.3, 0.4) is 0 Å². The van der Waals surface area contributed by atoms with Gasteiger partial charge in [0.2, 0.25) is 11.8 Å². The van der Waals surface area contributed by atoms with Crippen LogP contribution in [0, 0.1) is 17.8 Å². The third-order valence-corrected chi connectivity index (χ3v) is 4.65. The predicted octanol–water partition coefficient (Wildman–Crippen LogP) is 2.14. The second-order valence-electron chi connectivity index (χ2n) is 6.42. The molecule has 1 aliphatic heterocycles. The van der Waals surface area contributed by atoms with Gasteiger partial charge in [-0.2, -0.15) is 0 Å². The molecule has 3 N–H and O–H groups in total. The van der Waals surface area contributed by atoms with Crippen LogP contribution in [0.2, 0.25) is 0 Å². The topological polar surface area (TPSA) is 70.2 Å². The molecule has 126 valence electrons. The standard InChI is InChI=1S/C18H27N3O2/c1-4-12(2)17(22)21-16-7-5-6-14(8-16)9-20-18(23)13(3)15-10-19-11-15/h5-8,12-13,15,19H,4,9-11H2,1-3H3,(H,20,23)(H,21,22). The molecular formula is C18H27N3O2. The first kappa shape index (κ1) is 17.5. The molecule has 0 radical (unpaired) electrons. The van der Waals surface area contributed by atoms with E-state index in [0.29, 0.717) is 12.5 Å². The van der Waals surface area contributed by atoms with E-state index in [1.807, 2.05) is 45.0 Å². The van der Waals surface area contributed by atoms with Gasteiger partial charge in [-0.3, -0.25) is 9.59 Å². The van der Waals surface area contributed by atoms with Gasteiger partial charge in [0, 0.05) is 24.1 Å². The maximum Gasteiger partial charge on any atom is 0.227 e. The number of hydrogen-bond donors (Lipinski definition) is 3. The zero-order valence-corrected chi connectivity index (χ0v) is 14.2. The van der Waals surface area contributed by atoms with E-state index < -0.39 is 0 Å². The summed E-state index contributed by atoms with van der Waals surface area (Å²) in [6.45, 7) is 8.21. The van der Waals surface area contributed by atoms with E-state index in [2.05, 4.69) is 16.0 Å². The lowest BCUT2D eigenvalue weighted by Crippen LogP contribution is -2.49. The van der Waals surface area contributed by atoms with Crippen LogP contribution in [0.25, 0.3) is 0 Å². The number of hydrogen-bond acceptors (Lipinski definition) is 3. The van der Waals surface area contributed by atoms with Crippen LogP contribution in [0.4, 0.5) is 5.69 Å². The molecule has 0 aliphatic carbocycles. The Hall–Kier alpha value is -1.88. The fourth-order valence-corrected chi connectivity index (χ4v) is 2.44. The highest BCUT2D eigenvalue weighted by molar-refractivity contribution is 5.92. The Morgan fingerprint density at radius 2 is 2.00 bits per heavy atom. The first-order valence-electron chi connectivity index (χ1n) is 8.39. The van der Waals surface area contributed by atoms with Crippen LogP contribution in [0.5, 0.6) is 0 Å². The molecule has 1 aliphatic rings. The van der Waals surface area contributed by atoms with Gasteiger partial charge >= 0.3 is 0 Å². The summed E-state index contributed by atoms with van der Waals surface area (Å²) in [6.07, 6.45) is 0.815. The van der Waals surface area contributed by atoms with Gasteiger partial charge in [-0.15, -0.1) is 0 Å². The van der Waals surface area contributed by atoms with E-state index in [0.717, 1.165) is 30.8 Å². The quantitative estimate of drug-likeness (QED) is 0.721. The molecule has 1 saturated heterocycles. The molecule has 2 amide bonds. The summed E-state index contributed by atoms with van der Waals surface area (Å²) in [6, 6.07) is 7.63. The Bertz CT molecular complexity index is 555. The summed E-state index contributed by atoms with van der Waals surface area (Å²) in [7, 11) is 0. The molecule has 0 aromatic heterocycles. The van der Waals surface area contributed by atoms with Crippen molar-refractivity contribution in [1.82, 2.24) is 10.6 Å². The highest BCUT2D eigenvalue weighted by atomic mass is 16.2. The second kappa shape index (κ2) is 8.11. The van der Waals surface area contributed by atoms with Crippen LogP contribution >= 0.6 is 0 Å². The van der Waals surface area contributed by atoms with Gasteiger partial charge in [0.1, 0.15) is 0 Å². The van der Waals surface area contributed by atoms with Crippen LogP contribution in [0.15, 0.2) is 24.3 Å². The van der Waals surface area contributed by atoms with Crippen molar-refractivity contribution in [3.8, 4) is 0 Å². The molecule has 5 nitrogen and oxygen atoms in total. The minimum absolute atomic E-state index is 0.00436. The van der Waals surface area contributed by atoms with Crippen molar-refractivity contribution >= 4 is 17.5 Å². The van der Waals surface area contributed by atoms with Crippen molar-refractivity contribution in [3.63, 3.8) is 0 Å². The number of benzene rings is 1. The third-order valence-electron chi connectivity index (χ3n) is 4.65. The molecule has 0 saturated carbocycles. The number of anilines is 1. The Labute approximate surface area is 138 Å². The Balaban J connectivity index is 1.87. The van der Waals surface area contributed by atoms with E-state index in [1.165, 1.54) is 0 Å². The summed E-state index contributed by atoms with van der Waals surface area (Å²) in [5, 5.41) is 9.09. The monoisotopic (exact) mass is 317 g/mol. The zero-order chi connectivity index (χ0) is 16.8. The first-order valence-corrected chi connectivity index (χ1v) is 8.39. The van der Waals surface area contributed by atoms with Gasteiger partial charge in [0.25, 0.3) is 0 Å². The summed E-state index contributed by atoms with van der Waals surface area (Å²) in [5.41, 5.74) is 1.76. The average molecular weight is 317 g/mol. The fraction of sp³-hybridized carbons (Fsp3) is 0.556. The summed E-state index contributed by atoms with van der Waals surface area (Å²) < 4.78 is 0. The van der Waals surface area contributed by atoms with E-state index in [9.17, 15) is 9.59 Å². The molecular weight excluding hydrogens is 290 g/mol. The fourth-order valence-electron chi connectivity index (χ4n) is 2.44. The van der Waals surface area contributed by atoms with Crippen LogP contribution in [0.1, 0.15) is 32.8 Å². The van der Waals surface area contributed by atoms with Crippen LogP contribution in [-0.2, 0) is 16.1 Å². The first-order chi connectivity index (χ1) is 11.0. The maximum atomic E-state index is 12.1. The Morgan fingerprint density at radius 1 is 1.26 bits per heavy atom. The van der Waals surface area contributed by atoms with Gasteiger partial charge in [0.05, 0.1) is 0 Å². The molecule has 1 aromatic rings. The van der Waals surface area contributed by atoms with Gasteiger partial charge < -0.3 is 16.0 Å².